The zero-order valence-electron chi connectivity index (χ0n) is 12.7. The first-order chi connectivity index (χ1) is 8.26. The number of unbranched alkanes of at least 4 members (excludes halogenated alkanes) is 6. The van der Waals surface area contributed by atoms with Gasteiger partial charge in [-0.15, -0.1) is 11.6 Å². The molecule has 0 aromatic carbocycles. The second kappa shape index (κ2) is 18.6. The molecule has 0 nitrogen and oxygen atoms in total. The first-order valence-corrected chi connectivity index (χ1v) is 8.35. The van der Waals surface area contributed by atoms with Crippen LogP contribution in [0.5, 0.6) is 0 Å². The molecular formula is C16H35Cl. The summed E-state index contributed by atoms with van der Waals surface area (Å²) in [6, 6.07) is 0. The van der Waals surface area contributed by atoms with Gasteiger partial charge in [0.05, 0.1) is 0 Å². The van der Waals surface area contributed by atoms with Gasteiger partial charge < -0.3 is 0 Å². The predicted molar refractivity (Wildman–Crippen MR) is 83.1 cm³/mol. The largest absolute Gasteiger partial charge is 0.126 e. The first-order valence-electron chi connectivity index (χ1n) is 7.82. The molecular weight excluding hydrogens is 228 g/mol. The van der Waals surface area contributed by atoms with E-state index in [1.807, 2.05) is 0 Å². The number of hydrogen-bond donors (Lipinski definition) is 0. The fourth-order valence-corrected chi connectivity index (χ4v) is 2.11. The van der Waals surface area contributed by atoms with Crippen molar-refractivity contribution in [1.29, 1.82) is 0 Å². The average Bonchev–Trinajstić information content (AvgIpc) is 2.37. The minimum Gasteiger partial charge on any atom is -0.126 e. The summed E-state index contributed by atoms with van der Waals surface area (Å²) >= 11 is 5.70. The second-order valence-electron chi connectivity index (χ2n) is 4.99. The van der Waals surface area contributed by atoms with Crippen molar-refractivity contribution in [3.8, 4) is 0 Å². The molecule has 0 aromatic rings. The third-order valence-electron chi connectivity index (χ3n) is 3.22. The molecule has 0 heterocycles. The number of hydrogen-bond acceptors (Lipinski definition) is 0. The van der Waals surface area contributed by atoms with E-state index in [4.69, 9.17) is 11.6 Å². The van der Waals surface area contributed by atoms with Crippen molar-refractivity contribution in [2.45, 2.75) is 91.9 Å². The Morgan fingerprint density at radius 2 is 1.18 bits per heavy atom. The highest BCUT2D eigenvalue weighted by atomic mass is 35.5. The first kappa shape index (κ1) is 19.6. The maximum Gasteiger partial charge on any atom is 0.0251 e. The molecule has 1 atom stereocenters. The molecule has 106 valence electrons. The van der Waals surface area contributed by atoms with Crippen LogP contribution < -0.4 is 0 Å². The molecule has 0 aromatic heterocycles. The third kappa shape index (κ3) is 18.8. The molecule has 0 saturated carbocycles. The summed E-state index contributed by atoms with van der Waals surface area (Å²) in [5.74, 6) is 1.61. The van der Waals surface area contributed by atoms with Gasteiger partial charge in [0.2, 0.25) is 0 Å². The van der Waals surface area contributed by atoms with Crippen LogP contribution in [-0.2, 0) is 0 Å². The van der Waals surface area contributed by atoms with Crippen LogP contribution in [0.2, 0.25) is 0 Å². The molecule has 0 aliphatic carbocycles. The van der Waals surface area contributed by atoms with Crippen LogP contribution in [0.4, 0.5) is 0 Å². The Morgan fingerprint density at radius 1 is 0.706 bits per heavy atom. The van der Waals surface area contributed by atoms with E-state index in [-0.39, 0.29) is 0 Å². The highest BCUT2D eigenvalue weighted by Crippen LogP contribution is 2.13. The summed E-state index contributed by atoms with van der Waals surface area (Å²) < 4.78 is 0. The molecule has 0 saturated heterocycles. The van der Waals surface area contributed by atoms with Gasteiger partial charge in [-0.25, -0.2) is 0 Å². The Kier molecular flexibility index (Phi) is 21.5. The maximum absolute atomic E-state index is 5.70. The van der Waals surface area contributed by atoms with Gasteiger partial charge in [0, 0.05) is 5.88 Å². The van der Waals surface area contributed by atoms with Crippen molar-refractivity contribution in [3.63, 3.8) is 0 Å². The summed E-state index contributed by atoms with van der Waals surface area (Å²) in [4.78, 5) is 0. The van der Waals surface area contributed by atoms with E-state index in [1.165, 1.54) is 64.2 Å². The van der Waals surface area contributed by atoms with Crippen molar-refractivity contribution < 1.29 is 0 Å². The minimum atomic E-state index is 0.770. The Balaban J connectivity index is 0. The van der Waals surface area contributed by atoms with Crippen molar-refractivity contribution in [3.05, 3.63) is 0 Å². The zero-order chi connectivity index (χ0) is 13.4. The summed E-state index contributed by atoms with van der Waals surface area (Å²) in [7, 11) is 0. The number of rotatable bonds is 10. The van der Waals surface area contributed by atoms with Gasteiger partial charge in [-0.05, 0) is 12.3 Å². The van der Waals surface area contributed by atoms with Gasteiger partial charge >= 0.3 is 0 Å². The van der Waals surface area contributed by atoms with Crippen LogP contribution in [0, 0.1) is 5.92 Å². The predicted octanol–water partition coefficient (Wildman–Crippen LogP) is 6.81. The Labute approximate surface area is 116 Å². The maximum atomic E-state index is 5.70. The fraction of sp³-hybridized carbons (Fsp3) is 1.00. The molecule has 0 amide bonds. The Bertz CT molecular complexity index is 102. The smallest absolute Gasteiger partial charge is 0.0251 e. The second-order valence-corrected chi connectivity index (χ2v) is 5.29. The van der Waals surface area contributed by atoms with Crippen LogP contribution in [-0.4, -0.2) is 5.88 Å². The van der Waals surface area contributed by atoms with E-state index in [0.717, 1.165) is 11.8 Å². The molecule has 0 fully saturated rings. The monoisotopic (exact) mass is 262 g/mol. The molecule has 0 spiro atoms. The summed E-state index contributed by atoms with van der Waals surface area (Å²) in [5, 5.41) is 0. The number of alkyl halides is 1. The molecule has 0 N–H and O–H groups in total. The van der Waals surface area contributed by atoms with E-state index >= 15 is 0 Å². The van der Waals surface area contributed by atoms with Crippen LogP contribution in [0.15, 0.2) is 0 Å². The minimum absolute atomic E-state index is 0.770. The van der Waals surface area contributed by atoms with E-state index < -0.39 is 0 Å². The molecule has 0 aliphatic heterocycles. The van der Waals surface area contributed by atoms with Gasteiger partial charge in [0.25, 0.3) is 0 Å². The van der Waals surface area contributed by atoms with Crippen LogP contribution >= 0.6 is 11.6 Å². The van der Waals surface area contributed by atoms with Gasteiger partial charge in [-0.1, -0.05) is 85.5 Å². The van der Waals surface area contributed by atoms with E-state index in [9.17, 15) is 0 Å². The molecule has 1 unspecified atom stereocenters. The normalized spacial score (nSPS) is 11.8. The summed E-state index contributed by atoms with van der Waals surface area (Å²) in [5.41, 5.74) is 0. The highest BCUT2D eigenvalue weighted by molar-refractivity contribution is 6.18. The molecule has 0 rings (SSSR count). The Morgan fingerprint density at radius 3 is 1.47 bits per heavy atom. The molecule has 0 radical (unpaired) electrons. The van der Waals surface area contributed by atoms with E-state index in [2.05, 4.69) is 27.7 Å². The lowest BCUT2D eigenvalue weighted by Gasteiger charge is -2.08. The standard InChI is InChI=1S/C8H17Cl.C8H18/c1-3-5-6-8(4-2)7-9;1-3-5-7-8-6-4-2/h8H,3-7H2,1-2H3;3-8H2,1-2H3. The quantitative estimate of drug-likeness (QED) is 0.300. The molecule has 0 bridgehead atoms. The van der Waals surface area contributed by atoms with Crippen molar-refractivity contribution >= 4 is 11.6 Å². The lowest BCUT2D eigenvalue weighted by Crippen LogP contribution is -1.99. The van der Waals surface area contributed by atoms with Crippen molar-refractivity contribution in [1.82, 2.24) is 0 Å². The topological polar surface area (TPSA) is 0 Å². The average molecular weight is 263 g/mol. The zero-order valence-corrected chi connectivity index (χ0v) is 13.5. The molecule has 0 aliphatic rings. The SMILES string of the molecule is CCCCC(CC)CCl.CCCCCCCC. The van der Waals surface area contributed by atoms with E-state index in [0.29, 0.717) is 0 Å². The lowest BCUT2D eigenvalue weighted by molar-refractivity contribution is 0.497. The van der Waals surface area contributed by atoms with Crippen LogP contribution in [0.3, 0.4) is 0 Å². The number of halogens is 1. The van der Waals surface area contributed by atoms with Gasteiger partial charge in [-0.2, -0.15) is 0 Å². The van der Waals surface area contributed by atoms with Crippen LogP contribution in [0.1, 0.15) is 91.9 Å². The van der Waals surface area contributed by atoms with E-state index in [1.54, 1.807) is 0 Å². The third-order valence-corrected chi connectivity index (χ3v) is 3.66. The highest BCUT2D eigenvalue weighted by Gasteiger charge is 2.01. The summed E-state index contributed by atoms with van der Waals surface area (Å²) in [6.07, 6.45) is 13.7. The lowest BCUT2D eigenvalue weighted by atomic mass is 10.0. The van der Waals surface area contributed by atoms with Gasteiger partial charge in [0.15, 0.2) is 0 Å². The fourth-order valence-electron chi connectivity index (χ4n) is 1.74. The molecule has 1 heteroatoms. The van der Waals surface area contributed by atoms with Crippen LogP contribution in [0.25, 0.3) is 0 Å². The molecule has 17 heavy (non-hydrogen) atoms. The van der Waals surface area contributed by atoms with Gasteiger partial charge in [-0.3, -0.25) is 0 Å². The van der Waals surface area contributed by atoms with Crippen molar-refractivity contribution in [2.24, 2.45) is 5.92 Å². The van der Waals surface area contributed by atoms with Gasteiger partial charge in [0.1, 0.15) is 0 Å². The summed E-state index contributed by atoms with van der Waals surface area (Å²) in [6.45, 7) is 8.95. The van der Waals surface area contributed by atoms with Crippen molar-refractivity contribution in [2.75, 3.05) is 5.88 Å². The Hall–Kier alpha value is 0.290.